The van der Waals surface area contributed by atoms with Crippen molar-refractivity contribution in [1.82, 2.24) is 9.78 Å². The Labute approximate surface area is 134 Å². The van der Waals surface area contributed by atoms with Gasteiger partial charge in [-0.25, -0.2) is 0 Å². The van der Waals surface area contributed by atoms with E-state index in [0.29, 0.717) is 23.0 Å². The fourth-order valence-electron chi connectivity index (χ4n) is 2.54. The predicted octanol–water partition coefficient (Wildman–Crippen LogP) is 2.58. The molecule has 6 heteroatoms. The third kappa shape index (κ3) is 3.41. The number of aromatic nitrogens is 2. The number of rotatable bonds is 4. The van der Waals surface area contributed by atoms with Crippen molar-refractivity contribution in [2.24, 2.45) is 18.9 Å². The Kier molecular flexibility index (Phi) is 3.90. The molecule has 1 aliphatic carbocycles. The third-order valence-electron chi connectivity index (χ3n) is 4.10. The van der Waals surface area contributed by atoms with Crippen molar-refractivity contribution in [2.45, 2.75) is 20.3 Å². The zero-order chi connectivity index (χ0) is 16.6. The highest BCUT2D eigenvalue weighted by Gasteiger charge is 2.39. The molecule has 1 fully saturated rings. The number of nitrogens with zero attached hydrogens (tertiary/aromatic N) is 2. The topological polar surface area (TPSA) is 76.0 Å². The van der Waals surface area contributed by atoms with Crippen LogP contribution in [-0.4, -0.2) is 21.6 Å². The number of carbonyl (C=O) groups excluding carboxylic acids is 2. The van der Waals surface area contributed by atoms with Gasteiger partial charge in [0.15, 0.2) is 0 Å². The molecule has 0 aliphatic heterocycles. The van der Waals surface area contributed by atoms with Gasteiger partial charge in [-0.05, 0) is 43.5 Å². The first kappa shape index (κ1) is 15.3. The number of nitrogens with one attached hydrogen (secondary N) is 2. The van der Waals surface area contributed by atoms with Crippen LogP contribution in [0.3, 0.4) is 0 Å². The zero-order valence-corrected chi connectivity index (χ0v) is 13.5. The van der Waals surface area contributed by atoms with Crippen molar-refractivity contribution in [2.75, 3.05) is 10.6 Å². The van der Waals surface area contributed by atoms with E-state index in [9.17, 15) is 9.59 Å². The second kappa shape index (κ2) is 5.87. The lowest BCUT2D eigenvalue weighted by atomic mass is 10.2. The summed E-state index contributed by atoms with van der Waals surface area (Å²) >= 11 is 0. The van der Waals surface area contributed by atoms with Crippen molar-refractivity contribution in [3.8, 4) is 0 Å². The summed E-state index contributed by atoms with van der Waals surface area (Å²) in [5, 5.41) is 9.88. The van der Waals surface area contributed by atoms with Gasteiger partial charge in [0.05, 0.1) is 5.69 Å². The Morgan fingerprint density at radius 2 is 1.87 bits per heavy atom. The van der Waals surface area contributed by atoms with Gasteiger partial charge in [0.1, 0.15) is 5.82 Å². The smallest absolute Gasteiger partial charge is 0.256 e. The molecule has 3 rings (SSSR count). The largest absolute Gasteiger partial charge is 0.326 e. The average molecular weight is 312 g/mol. The first-order valence-electron chi connectivity index (χ1n) is 7.67. The van der Waals surface area contributed by atoms with E-state index in [1.165, 1.54) is 0 Å². The highest BCUT2D eigenvalue weighted by molar-refractivity contribution is 6.04. The van der Waals surface area contributed by atoms with E-state index in [-0.39, 0.29) is 17.7 Å². The van der Waals surface area contributed by atoms with Gasteiger partial charge in [0.2, 0.25) is 5.91 Å². The fraction of sp³-hybridized carbons (Fsp3) is 0.353. The van der Waals surface area contributed by atoms with E-state index in [0.717, 1.165) is 12.1 Å². The molecule has 23 heavy (non-hydrogen) atoms. The van der Waals surface area contributed by atoms with Crippen molar-refractivity contribution in [3.05, 3.63) is 41.6 Å². The summed E-state index contributed by atoms with van der Waals surface area (Å²) in [4.78, 5) is 24.1. The summed E-state index contributed by atoms with van der Waals surface area (Å²) in [5.74, 6) is 1.10. The number of amides is 2. The van der Waals surface area contributed by atoms with Gasteiger partial charge >= 0.3 is 0 Å². The molecule has 0 spiro atoms. The molecule has 1 aromatic carbocycles. The van der Waals surface area contributed by atoms with Crippen LogP contribution >= 0.6 is 0 Å². The van der Waals surface area contributed by atoms with Gasteiger partial charge in [-0.3, -0.25) is 14.3 Å². The number of benzene rings is 1. The maximum Gasteiger partial charge on any atom is 0.256 e. The van der Waals surface area contributed by atoms with Gasteiger partial charge in [-0.1, -0.05) is 6.92 Å². The number of aryl methyl sites for hydroxylation is 2. The van der Waals surface area contributed by atoms with Crippen LogP contribution in [0.1, 0.15) is 29.4 Å². The Balaban J connectivity index is 1.63. The number of anilines is 2. The molecule has 0 radical (unpaired) electrons. The summed E-state index contributed by atoms with van der Waals surface area (Å²) in [5.41, 5.74) is 2.08. The Bertz CT molecular complexity index is 748. The molecule has 2 unspecified atom stereocenters. The summed E-state index contributed by atoms with van der Waals surface area (Å²) in [6.07, 6.45) is 0.955. The number of hydrogen-bond donors (Lipinski definition) is 2. The van der Waals surface area contributed by atoms with Crippen molar-refractivity contribution < 1.29 is 9.59 Å². The second-order valence-corrected chi connectivity index (χ2v) is 6.13. The summed E-state index contributed by atoms with van der Waals surface area (Å²) in [7, 11) is 1.78. The Morgan fingerprint density at radius 1 is 1.22 bits per heavy atom. The van der Waals surface area contributed by atoms with Crippen molar-refractivity contribution in [1.29, 1.82) is 0 Å². The molecule has 2 N–H and O–H groups in total. The molecule has 1 aromatic heterocycles. The number of carbonyl (C=O) groups is 2. The quantitative estimate of drug-likeness (QED) is 0.911. The van der Waals surface area contributed by atoms with Gasteiger partial charge in [-0.2, -0.15) is 5.10 Å². The molecule has 0 bridgehead atoms. The molecule has 6 nitrogen and oxygen atoms in total. The molecule has 1 aliphatic rings. The summed E-state index contributed by atoms with van der Waals surface area (Å²) < 4.78 is 1.62. The monoisotopic (exact) mass is 312 g/mol. The first-order valence-corrected chi connectivity index (χ1v) is 7.67. The summed E-state index contributed by atoms with van der Waals surface area (Å²) in [6.45, 7) is 3.94. The van der Waals surface area contributed by atoms with E-state index in [1.807, 2.05) is 13.0 Å². The first-order chi connectivity index (χ1) is 10.9. The Morgan fingerprint density at radius 3 is 2.39 bits per heavy atom. The van der Waals surface area contributed by atoms with Crippen LogP contribution in [-0.2, 0) is 11.8 Å². The lowest BCUT2D eigenvalue weighted by Crippen LogP contribution is -2.16. The van der Waals surface area contributed by atoms with Crippen molar-refractivity contribution >= 4 is 23.3 Å². The zero-order valence-electron chi connectivity index (χ0n) is 13.5. The van der Waals surface area contributed by atoms with Gasteiger partial charge in [-0.15, -0.1) is 0 Å². The van der Waals surface area contributed by atoms with E-state index in [2.05, 4.69) is 22.7 Å². The van der Waals surface area contributed by atoms with E-state index >= 15 is 0 Å². The maximum absolute atomic E-state index is 12.2. The van der Waals surface area contributed by atoms with Crippen LogP contribution in [0.4, 0.5) is 11.5 Å². The van der Waals surface area contributed by atoms with Crippen LogP contribution in [0.25, 0.3) is 0 Å². The lowest BCUT2D eigenvalue weighted by molar-refractivity contribution is -0.117. The SMILES string of the molecule is Cc1cc(NC(=O)c2ccc(NC(=O)C3CC3C)cc2)n(C)n1. The van der Waals surface area contributed by atoms with E-state index < -0.39 is 0 Å². The van der Waals surface area contributed by atoms with E-state index in [4.69, 9.17) is 0 Å². The molecular weight excluding hydrogens is 292 g/mol. The highest BCUT2D eigenvalue weighted by atomic mass is 16.2. The van der Waals surface area contributed by atoms with Crippen LogP contribution in [0.2, 0.25) is 0 Å². The maximum atomic E-state index is 12.2. The molecule has 2 aromatic rings. The van der Waals surface area contributed by atoms with Crippen LogP contribution in [0, 0.1) is 18.8 Å². The molecule has 2 amide bonds. The third-order valence-corrected chi connectivity index (χ3v) is 4.10. The molecule has 0 saturated heterocycles. The van der Waals surface area contributed by atoms with Gasteiger partial charge in [0.25, 0.3) is 5.91 Å². The molecule has 1 heterocycles. The molecule has 1 saturated carbocycles. The second-order valence-electron chi connectivity index (χ2n) is 6.13. The van der Waals surface area contributed by atoms with Gasteiger partial charge < -0.3 is 10.6 Å². The van der Waals surface area contributed by atoms with Crippen LogP contribution in [0.5, 0.6) is 0 Å². The Hall–Kier alpha value is -2.63. The van der Waals surface area contributed by atoms with Crippen molar-refractivity contribution in [3.63, 3.8) is 0 Å². The van der Waals surface area contributed by atoms with Gasteiger partial charge in [0, 0.05) is 30.3 Å². The lowest BCUT2D eigenvalue weighted by Gasteiger charge is -2.07. The van der Waals surface area contributed by atoms with E-state index in [1.54, 1.807) is 36.0 Å². The molecule has 2 atom stereocenters. The van der Waals surface area contributed by atoms with Crippen LogP contribution < -0.4 is 10.6 Å². The number of hydrogen-bond acceptors (Lipinski definition) is 3. The fourth-order valence-corrected chi connectivity index (χ4v) is 2.54. The minimum Gasteiger partial charge on any atom is -0.326 e. The minimum absolute atomic E-state index is 0.0556. The predicted molar refractivity (Wildman–Crippen MR) is 88.2 cm³/mol. The highest BCUT2D eigenvalue weighted by Crippen LogP contribution is 2.38. The standard InChI is InChI=1S/C17H20N4O2/c1-10-8-14(10)17(23)18-13-6-4-12(5-7-13)16(22)19-15-9-11(2)20-21(15)3/h4-7,9-10,14H,8H2,1-3H3,(H,18,23)(H,19,22). The minimum atomic E-state index is -0.207. The average Bonchev–Trinajstić information content (AvgIpc) is 3.15. The van der Waals surface area contributed by atoms with Crippen LogP contribution in [0.15, 0.2) is 30.3 Å². The summed E-state index contributed by atoms with van der Waals surface area (Å²) in [6, 6.07) is 8.70. The normalized spacial score (nSPS) is 19.3. The molecule has 120 valence electrons. The molecular formula is C17H20N4O2.